The number of hydrogen-bond donors (Lipinski definition) is 10. The number of nitrogens with one attached hydrogen (secondary N) is 4. The Morgan fingerprint density at radius 1 is 0.787 bits per heavy atom. The van der Waals surface area contributed by atoms with Crippen LogP contribution >= 0.6 is 0 Å². The van der Waals surface area contributed by atoms with Crippen LogP contribution < -0.4 is 49.9 Å². The van der Waals surface area contributed by atoms with Crippen molar-refractivity contribution in [2.24, 2.45) is 44.6 Å². The maximum absolute atomic E-state index is 13.5. The van der Waals surface area contributed by atoms with E-state index in [9.17, 15) is 24.0 Å². The van der Waals surface area contributed by atoms with Crippen molar-refractivity contribution in [2.75, 3.05) is 19.6 Å². The molecule has 4 amide bonds. The maximum Gasteiger partial charge on any atom is 0.322 e. The topological polar surface area (TPSA) is 309 Å². The zero-order chi connectivity index (χ0) is 35.4. The lowest BCUT2D eigenvalue weighted by atomic mass is 9.99. The molecule has 0 aliphatic carbocycles. The number of carboxylic acids is 1. The summed E-state index contributed by atoms with van der Waals surface area (Å²) < 4.78 is 0. The first-order valence-electron chi connectivity index (χ1n) is 15.5. The van der Waals surface area contributed by atoms with Gasteiger partial charge in [-0.25, -0.2) is 0 Å². The van der Waals surface area contributed by atoms with E-state index in [0.29, 0.717) is 19.3 Å². The van der Waals surface area contributed by atoms with E-state index in [4.69, 9.17) is 33.8 Å². The van der Waals surface area contributed by atoms with E-state index in [1.165, 1.54) is 0 Å². The van der Waals surface area contributed by atoms with Gasteiger partial charge in [0.15, 0.2) is 11.9 Å². The van der Waals surface area contributed by atoms with Gasteiger partial charge in [-0.2, -0.15) is 0 Å². The first-order chi connectivity index (χ1) is 22.2. The van der Waals surface area contributed by atoms with Gasteiger partial charge in [-0.1, -0.05) is 44.2 Å². The Labute approximate surface area is 274 Å². The SMILES string of the molecule is CC(C)C[C@@H](CC(=O)N[C@@H](Cc1ccccc1)C(=O)NCC(=O)O)NC(=O)[C@H](CCCN=C(N)N)NC(=O)[C@@H](N)CCCN=C(N)N. The molecule has 262 valence electrons. The van der Waals surface area contributed by atoms with Gasteiger partial charge in [-0.15, -0.1) is 0 Å². The number of nitrogens with two attached hydrogens (primary N) is 5. The largest absolute Gasteiger partial charge is 0.480 e. The lowest BCUT2D eigenvalue weighted by Crippen LogP contribution is -2.54. The molecule has 0 heterocycles. The minimum absolute atomic E-state index is 0.0700. The number of carboxylic acid groups (broad SMARTS) is 1. The molecule has 0 unspecified atom stereocenters. The van der Waals surface area contributed by atoms with Crippen LogP contribution in [-0.4, -0.2) is 90.4 Å². The molecule has 0 aliphatic heterocycles. The predicted molar refractivity (Wildman–Crippen MR) is 178 cm³/mol. The molecule has 47 heavy (non-hydrogen) atoms. The van der Waals surface area contributed by atoms with Crippen LogP contribution in [0.1, 0.15) is 57.9 Å². The fourth-order valence-corrected chi connectivity index (χ4v) is 4.59. The third kappa shape index (κ3) is 18.6. The first kappa shape index (κ1) is 40.1. The van der Waals surface area contributed by atoms with Crippen LogP contribution in [0.5, 0.6) is 0 Å². The first-order valence-corrected chi connectivity index (χ1v) is 15.5. The number of rotatable bonds is 22. The Kier molecular flexibility index (Phi) is 18.5. The number of carbonyl (C=O) groups excluding carboxylic acids is 4. The number of hydrogen-bond acceptors (Lipinski definition) is 8. The highest BCUT2D eigenvalue weighted by atomic mass is 16.4. The summed E-state index contributed by atoms with van der Waals surface area (Å²) in [6.45, 7) is 3.74. The second-order valence-electron chi connectivity index (χ2n) is 11.5. The van der Waals surface area contributed by atoms with Crippen LogP contribution in [0, 0.1) is 5.92 Å². The second kappa shape index (κ2) is 21.7. The maximum atomic E-state index is 13.5. The van der Waals surface area contributed by atoms with Crippen molar-refractivity contribution >= 4 is 41.5 Å². The fraction of sp³-hybridized carbons (Fsp3) is 0.567. The van der Waals surface area contributed by atoms with E-state index < -0.39 is 60.3 Å². The van der Waals surface area contributed by atoms with Crippen LogP contribution in [0.2, 0.25) is 0 Å². The van der Waals surface area contributed by atoms with E-state index in [0.717, 1.165) is 5.56 Å². The van der Waals surface area contributed by atoms with Gasteiger partial charge >= 0.3 is 5.97 Å². The molecule has 17 nitrogen and oxygen atoms in total. The molecule has 0 saturated heterocycles. The molecule has 15 N–H and O–H groups in total. The summed E-state index contributed by atoms with van der Waals surface area (Å²) in [6.07, 6.45) is 1.60. The van der Waals surface area contributed by atoms with Gasteiger partial charge in [-0.3, -0.25) is 34.0 Å². The van der Waals surface area contributed by atoms with Gasteiger partial charge in [0.05, 0.1) is 6.04 Å². The Hall–Kier alpha value is -4.93. The highest BCUT2D eigenvalue weighted by Crippen LogP contribution is 2.11. The van der Waals surface area contributed by atoms with Gasteiger partial charge in [0.2, 0.25) is 23.6 Å². The molecule has 0 radical (unpaired) electrons. The van der Waals surface area contributed by atoms with Gasteiger partial charge in [-0.05, 0) is 43.6 Å². The molecule has 0 aromatic heterocycles. The molecule has 1 aromatic carbocycles. The molecule has 1 aromatic rings. The summed E-state index contributed by atoms with van der Waals surface area (Å²) in [5.41, 5.74) is 28.2. The number of aliphatic carboxylic acids is 1. The zero-order valence-electron chi connectivity index (χ0n) is 27.1. The summed E-state index contributed by atoms with van der Waals surface area (Å²) >= 11 is 0. The predicted octanol–water partition coefficient (Wildman–Crippen LogP) is -2.25. The van der Waals surface area contributed by atoms with Crippen LogP contribution in [0.4, 0.5) is 0 Å². The molecule has 0 spiro atoms. The number of nitrogens with zero attached hydrogens (tertiary/aromatic N) is 2. The van der Waals surface area contributed by atoms with Crippen LogP contribution in [0.3, 0.4) is 0 Å². The number of amides is 4. The number of aliphatic imine (C=N–C) groups is 2. The molecule has 4 atom stereocenters. The van der Waals surface area contributed by atoms with Crippen molar-refractivity contribution in [1.29, 1.82) is 0 Å². The Morgan fingerprint density at radius 3 is 1.94 bits per heavy atom. The number of benzene rings is 1. The van der Waals surface area contributed by atoms with Gasteiger partial charge in [0.25, 0.3) is 0 Å². The highest BCUT2D eigenvalue weighted by Gasteiger charge is 2.28. The Morgan fingerprint density at radius 2 is 1.38 bits per heavy atom. The van der Waals surface area contributed by atoms with E-state index in [1.807, 2.05) is 13.8 Å². The number of carbonyl (C=O) groups is 5. The van der Waals surface area contributed by atoms with Gasteiger partial charge in [0.1, 0.15) is 18.6 Å². The standard InChI is InChI=1S/C30H51N11O6/c1-18(2)14-20(16-24(42)40-23(27(46)38-17-25(43)44)15-19-8-4-3-5-9-19)39-28(47)22(11-7-13-37-30(34)35)41-26(45)21(31)10-6-12-36-29(32)33/h3-5,8-9,18,20-23H,6-7,10-17,31H2,1-2H3,(H,38,46)(H,39,47)(H,40,42)(H,41,45)(H,43,44)(H4,32,33,36)(H4,34,35,37)/t20-,21-,22-,23-/m0/s1. The average molecular weight is 662 g/mol. The zero-order valence-corrected chi connectivity index (χ0v) is 27.1. The minimum atomic E-state index is -1.23. The monoisotopic (exact) mass is 661 g/mol. The Bertz CT molecular complexity index is 1220. The molecule has 0 fully saturated rings. The molecule has 0 bridgehead atoms. The Balaban J connectivity index is 3.04. The van der Waals surface area contributed by atoms with Crippen molar-refractivity contribution < 1.29 is 29.1 Å². The summed E-state index contributed by atoms with van der Waals surface area (Å²) in [7, 11) is 0. The van der Waals surface area contributed by atoms with Crippen LogP contribution in [-0.2, 0) is 30.4 Å². The lowest BCUT2D eigenvalue weighted by Gasteiger charge is -2.26. The normalized spacial score (nSPS) is 13.3. The van der Waals surface area contributed by atoms with Crippen molar-refractivity contribution in [2.45, 2.75) is 83.0 Å². The third-order valence-corrected chi connectivity index (χ3v) is 6.76. The molecular formula is C30H51N11O6. The molecule has 0 aliphatic rings. The van der Waals surface area contributed by atoms with Crippen molar-refractivity contribution in [3.63, 3.8) is 0 Å². The molecule has 1 rings (SSSR count). The quantitative estimate of drug-likeness (QED) is 0.0360. The fourth-order valence-electron chi connectivity index (χ4n) is 4.59. The molecular weight excluding hydrogens is 610 g/mol. The van der Waals surface area contributed by atoms with E-state index in [1.54, 1.807) is 30.3 Å². The lowest BCUT2D eigenvalue weighted by molar-refractivity contribution is -0.138. The summed E-state index contributed by atoms with van der Waals surface area (Å²) in [4.78, 5) is 71.2. The minimum Gasteiger partial charge on any atom is -0.480 e. The summed E-state index contributed by atoms with van der Waals surface area (Å²) in [5, 5.41) is 19.5. The smallest absolute Gasteiger partial charge is 0.322 e. The van der Waals surface area contributed by atoms with E-state index in [-0.39, 0.29) is 56.6 Å². The van der Waals surface area contributed by atoms with Crippen LogP contribution in [0.15, 0.2) is 40.3 Å². The molecule has 17 heteroatoms. The van der Waals surface area contributed by atoms with E-state index >= 15 is 0 Å². The van der Waals surface area contributed by atoms with Gasteiger partial charge in [0, 0.05) is 32.0 Å². The van der Waals surface area contributed by atoms with Gasteiger partial charge < -0.3 is 55.0 Å². The molecule has 0 saturated carbocycles. The number of guanidine groups is 2. The van der Waals surface area contributed by atoms with Crippen molar-refractivity contribution in [3.8, 4) is 0 Å². The highest BCUT2D eigenvalue weighted by molar-refractivity contribution is 5.91. The second-order valence-corrected chi connectivity index (χ2v) is 11.5. The summed E-state index contributed by atoms with van der Waals surface area (Å²) in [5.74, 6) is -3.61. The summed E-state index contributed by atoms with van der Waals surface area (Å²) in [6, 6.07) is 5.27. The third-order valence-electron chi connectivity index (χ3n) is 6.76. The van der Waals surface area contributed by atoms with Crippen molar-refractivity contribution in [1.82, 2.24) is 21.3 Å². The van der Waals surface area contributed by atoms with E-state index in [2.05, 4.69) is 31.3 Å². The van der Waals surface area contributed by atoms with Crippen molar-refractivity contribution in [3.05, 3.63) is 35.9 Å². The average Bonchev–Trinajstić information content (AvgIpc) is 2.98. The van der Waals surface area contributed by atoms with Crippen LogP contribution in [0.25, 0.3) is 0 Å².